The van der Waals surface area contributed by atoms with Gasteiger partial charge in [-0.25, -0.2) is 8.42 Å². The van der Waals surface area contributed by atoms with Gasteiger partial charge in [0.05, 0.1) is 5.75 Å². The lowest BCUT2D eigenvalue weighted by Gasteiger charge is -2.36. The summed E-state index contributed by atoms with van der Waals surface area (Å²) in [5, 5.41) is 6.77. The number of hydrogen-bond acceptors (Lipinski definition) is 6. The molecule has 134 valence electrons. The van der Waals surface area contributed by atoms with Crippen LogP contribution < -0.4 is 11.1 Å². The van der Waals surface area contributed by atoms with Gasteiger partial charge in [0.1, 0.15) is 5.76 Å². The second-order valence-corrected chi connectivity index (χ2v) is 8.69. The molecule has 2 heterocycles. The van der Waals surface area contributed by atoms with Crippen LogP contribution in [0.1, 0.15) is 54.8 Å². The Morgan fingerprint density at radius 3 is 2.83 bits per heavy atom. The fourth-order valence-electron chi connectivity index (χ4n) is 3.18. The van der Waals surface area contributed by atoms with Crippen LogP contribution in [0.15, 0.2) is 10.6 Å². The van der Waals surface area contributed by atoms with E-state index in [-0.39, 0.29) is 30.3 Å². The highest BCUT2D eigenvalue weighted by atomic mass is 32.2. The van der Waals surface area contributed by atoms with E-state index in [9.17, 15) is 13.2 Å². The highest BCUT2D eigenvalue weighted by Crippen LogP contribution is 2.40. The average Bonchev–Trinajstić information content (AvgIpc) is 3.24. The SMILES string of the molecule is C[C@@H]1CC(NC(=O)c2cc(C3CC3)on2)CCN1S(=O)(=O)CCN. The highest BCUT2D eigenvalue weighted by Gasteiger charge is 2.34. The Balaban J connectivity index is 1.56. The molecule has 1 aliphatic carbocycles. The van der Waals surface area contributed by atoms with E-state index in [1.807, 2.05) is 6.92 Å². The molecule has 0 bridgehead atoms. The van der Waals surface area contributed by atoms with Crippen LogP contribution in [0.5, 0.6) is 0 Å². The van der Waals surface area contributed by atoms with Crippen molar-refractivity contribution in [3.05, 3.63) is 17.5 Å². The average molecular weight is 356 g/mol. The van der Waals surface area contributed by atoms with Crippen molar-refractivity contribution in [3.63, 3.8) is 0 Å². The zero-order chi connectivity index (χ0) is 17.3. The smallest absolute Gasteiger partial charge is 0.273 e. The topological polar surface area (TPSA) is 119 Å². The molecule has 3 rings (SSSR count). The van der Waals surface area contributed by atoms with Crippen LogP contribution in [0.25, 0.3) is 0 Å². The molecule has 24 heavy (non-hydrogen) atoms. The maximum atomic E-state index is 12.3. The van der Waals surface area contributed by atoms with Gasteiger partial charge in [0.2, 0.25) is 10.0 Å². The first kappa shape index (κ1) is 17.4. The quantitative estimate of drug-likeness (QED) is 0.763. The maximum Gasteiger partial charge on any atom is 0.273 e. The van der Waals surface area contributed by atoms with Crippen LogP contribution in [-0.4, -0.2) is 54.7 Å². The fraction of sp³-hybridized carbons (Fsp3) is 0.733. The number of rotatable bonds is 6. The van der Waals surface area contributed by atoms with Crippen LogP contribution in [0.2, 0.25) is 0 Å². The first-order valence-corrected chi connectivity index (χ1v) is 9.98. The molecule has 3 N–H and O–H groups in total. The fourth-order valence-corrected chi connectivity index (χ4v) is 4.73. The Kier molecular flexibility index (Phi) is 4.93. The molecule has 1 saturated heterocycles. The summed E-state index contributed by atoms with van der Waals surface area (Å²) in [5.41, 5.74) is 5.67. The lowest BCUT2D eigenvalue weighted by atomic mass is 10.0. The van der Waals surface area contributed by atoms with E-state index in [2.05, 4.69) is 10.5 Å². The third-order valence-electron chi connectivity index (χ3n) is 4.62. The lowest BCUT2D eigenvalue weighted by Crippen LogP contribution is -2.51. The van der Waals surface area contributed by atoms with Crippen molar-refractivity contribution in [2.45, 2.75) is 50.6 Å². The summed E-state index contributed by atoms with van der Waals surface area (Å²) < 4.78 is 31.0. The second kappa shape index (κ2) is 6.81. The molecule has 9 heteroatoms. The van der Waals surface area contributed by atoms with Gasteiger partial charge in [-0.3, -0.25) is 4.79 Å². The first-order valence-electron chi connectivity index (χ1n) is 8.37. The Morgan fingerprint density at radius 1 is 1.46 bits per heavy atom. The number of piperidine rings is 1. The third-order valence-corrected chi connectivity index (χ3v) is 6.63. The molecule has 1 saturated carbocycles. The van der Waals surface area contributed by atoms with E-state index < -0.39 is 10.0 Å². The minimum atomic E-state index is -3.32. The van der Waals surface area contributed by atoms with Gasteiger partial charge in [0, 0.05) is 37.2 Å². The number of nitrogens with two attached hydrogens (primary N) is 1. The molecule has 0 aromatic carbocycles. The molecule has 2 fully saturated rings. The number of sulfonamides is 1. The van der Waals surface area contributed by atoms with Gasteiger partial charge in [-0.1, -0.05) is 5.16 Å². The van der Waals surface area contributed by atoms with Crippen LogP contribution in [0.4, 0.5) is 0 Å². The second-order valence-electron chi connectivity index (χ2n) is 6.65. The van der Waals surface area contributed by atoms with E-state index in [0.717, 1.165) is 18.6 Å². The lowest BCUT2D eigenvalue weighted by molar-refractivity contribution is 0.0905. The molecule has 1 aliphatic heterocycles. The summed E-state index contributed by atoms with van der Waals surface area (Å²) in [6.07, 6.45) is 3.32. The van der Waals surface area contributed by atoms with Crippen molar-refractivity contribution >= 4 is 15.9 Å². The molecule has 8 nitrogen and oxygen atoms in total. The summed E-state index contributed by atoms with van der Waals surface area (Å²) in [4.78, 5) is 12.3. The van der Waals surface area contributed by atoms with Crippen LogP contribution >= 0.6 is 0 Å². The van der Waals surface area contributed by atoms with E-state index in [1.54, 1.807) is 6.07 Å². The van der Waals surface area contributed by atoms with Gasteiger partial charge >= 0.3 is 0 Å². The van der Waals surface area contributed by atoms with E-state index in [4.69, 9.17) is 10.3 Å². The standard InChI is InChI=1S/C15H24N4O4S/c1-10-8-12(4-6-19(10)24(21,22)7-5-16)17-15(20)13-9-14(23-18-13)11-2-3-11/h9-12H,2-8,16H2,1H3,(H,17,20)/t10-,12?/m1/s1. The Morgan fingerprint density at radius 2 is 2.21 bits per heavy atom. The molecule has 0 spiro atoms. The summed E-state index contributed by atoms with van der Waals surface area (Å²) in [6.45, 7) is 2.36. The molecule has 2 atom stereocenters. The number of nitrogens with one attached hydrogen (secondary N) is 1. The minimum absolute atomic E-state index is 0.0444. The van der Waals surface area contributed by atoms with Crippen molar-refractivity contribution in [3.8, 4) is 0 Å². The molecule has 2 aliphatic rings. The van der Waals surface area contributed by atoms with Crippen LogP contribution in [0, 0.1) is 0 Å². The summed E-state index contributed by atoms with van der Waals surface area (Å²) in [5.74, 6) is 0.879. The van der Waals surface area contributed by atoms with E-state index >= 15 is 0 Å². The van der Waals surface area contributed by atoms with Crippen LogP contribution in [0.3, 0.4) is 0 Å². The number of amides is 1. The molecule has 1 aromatic rings. The number of carbonyl (C=O) groups excluding carboxylic acids is 1. The Hall–Kier alpha value is -1.45. The number of nitrogens with zero attached hydrogens (tertiary/aromatic N) is 2. The van der Waals surface area contributed by atoms with Gasteiger partial charge in [-0.2, -0.15) is 4.31 Å². The van der Waals surface area contributed by atoms with Gasteiger partial charge in [0.25, 0.3) is 5.91 Å². The Labute approximate surface area is 141 Å². The monoisotopic (exact) mass is 356 g/mol. The van der Waals surface area contributed by atoms with Gasteiger partial charge in [-0.15, -0.1) is 0 Å². The van der Waals surface area contributed by atoms with Gasteiger partial charge in [-0.05, 0) is 32.6 Å². The molecule has 0 radical (unpaired) electrons. The summed E-state index contributed by atoms with van der Waals surface area (Å²) in [7, 11) is -3.32. The molecule has 1 aromatic heterocycles. The largest absolute Gasteiger partial charge is 0.360 e. The minimum Gasteiger partial charge on any atom is -0.360 e. The summed E-state index contributed by atoms with van der Waals surface area (Å²) in [6, 6.07) is 1.47. The zero-order valence-electron chi connectivity index (χ0n) is 13.8. The maximum absolute atomic E-state index is 12.3. The van der Waals surface area contributed by atoms with Crippen molar-refractivity contribution in [2.24, 2.45) is 5.73 Å². The van der Waals surface area contributed by atoms with Crippen molar-refractivity contribution in [1.29, 1.82) is 0 Å². The normalized spacial score (nSPS) is 25.6. The zero-order valence-corrected chi connectivity index (χ0v) is 14.6. The van der Waals surface area contributed by atoms with E-state index in [0.29, 0.717) is 31.0 Å². The molecular formula is C15H24N4O4S. The summed E-state index contributed by atoms with van der Waals surface area (Å²) >= 11 is 0. The number of carbonyl (C=O) groups is 1. The molecule has 1 amide bonds. The first-order chi connectivity index (χ1) is 11.4. The van der Waals surface area contributed by atoms with E-state index in [1.165, 1.54) is 4.31 Å². The van der Waals surface area contributed by atoms with Crippen molar-refractivity contribution in [1.82, 2.24) is 14.8 Å². The van der Waals surface area contributed by atoms with Crippen LogP contribution in [-0.2, 0) is 10.0 Å². The predicted octanol–water partition coefficient (Wildman–Crippen LogP) is 0.423. The third kappa shape index (κ3) is 3.79. The van der Waals surface area contributed by atoms with Crippen molar-refractivity contribution < 1.29 is 17.7 Å². The molecular weight excluding hydrogens is 332 g/mol. The Bertz CT molecular complexity index is 698. The van der Waals surface area contributed by atoms with Gasteiger partial charge in [0.15, 0.2) is 5.69 Å². The molecule has 1 unspecified atom stereocenters. The highest BCUT2D eigenvalue weighted by molar-refractivity contribution is 7.89. The predicted molar refractivity (Wildman–Crippen MR) is 88.0 cm³/mol. The van der Waals surface area contributed by atoms with Crippen molar-refractivity contribution in [2.75, 3.05) is 18.8 Å². The number of hydrogen-bond donors (Lipinski definition) is 2. The number of aromatic nitrogens is 1. The van der Waals surface area contributed by atoms with Gasteiger partial charge < -0.3 is 15.6 Å².